The number of carbonyl (C=O) groups is 3. The van der Waals surface area contributed by atoms with Gasteiger partial charge in [-0.2, -0.15) is 0 Å². The molecule has 0 unspecified atom stereocenters. The van der Waals surface area contributed by atoms with Crippen molar-refractivity contribution in [3.05, 3.63) is 40.2 Å². The highest BCUT2D eigenvalue weighted by Gasteiger charge is 2.30. The van der Waals surface area contributed by atoms with Crippen molar-refractivity contribution in [2.45, 2.75) is 72.1 Å². The van der Waals surface area contributed by atoms with Gasteiger partial charge in [-0.15, -0.1) is 12.4 Å². The fourth-order valence-electron chi connectivity index (χ4n) is 3.64. The highest BCUT2D eigenvalue weighted by Crippen LogP contribution is 2.21. The van der Waals surface area contributed by atoms with Crippen LogP contribution in [0.1, 0.15) is 53.0 Å². The lowest BCUT2D eigenvalue weighted by Gasteiger charge is -2.27. The van der Waals surface area contributed by atoms with E-state index in [9.17, 15) is 19.2 Å². The van der Waals surface area contributed by atoms with Crippen molar-refractivity contribution < 1.29 is 23.5 Å². The molecule has 13 heteroatoms. The number of guanidine groups is 1. The van der Waals surface area contributed by atoms with Crippen LogP contribution in [-0.2, 0) is 14.3 Å². The minimum Gasteiger partial charge on any atom is -0.444 e. The van der Waals surface area contributed by atoms with E-state index >= 15 is 0 Å². The van der Waals surface area contributed by atoms with Gasteiger partial charge >= 0.3 is 11.7 Å². The summed E-state index contributed by atoms with van der Waals surface area (Å²) in [5, 5.41) is 8.79. The van der Waals surface area contributed by atoms with E-state index in [1.165, 1.54) is 6.07 Å². The summed E-state index contributed by atoms with van der Waals surface area (Å²) in [4.78, 5) is 54.4. The Kier molecular flexibility index (Phi) is 12.3. The third kappa shape index (κ3) is 10.8. The van der Waals surface area contributed by atoms with Crippen molar-refractivity contribution in [3.8, 4) is 0 Å². The zero-order valence-corrected chi connectivity index (χ0v) is 23.9. The molecular formula is C26H39ClN6O6. The molecule has 0 saturated carbocycles. The number of nitrogens with one attached hydrogen (secondary N) is 3. The molecule has 2 rings (SSSR count). The van der Waals surface area contributed by atoms with Crippen LogP contribution in [-0.4, -0.2) is 48.1 Å². The first-order valence-electron chi connectivity index (χ1n) is 12.4. The molecule has 1 heterocycles. The van der Waals surface area contributed by atoms with Crippen LogP contribution in [0.15, 0.2) is 38.5 Å². The second-order valence-corrected chi connectivity index (χ2v) is 10.3. The van der Waals surface area contributed by atoms with Gasteiger partial charge in [0.05, 0.1) is 0 Å². The van der Waals surface area contributed by atoms with Gasteiger partial charge in [0.15, 0.2) is 5.96 Å². The summed E-state index contributed by atoms with van der Waals surface area (Å²) >= 11 is 0. The Labute approximate surface area is 233 Å². The van der Waals surface area contributed by atoms with Crippen molar-refractivity contribution in [2.75, 3.05) is 11.9 Å². The van der Waals surface area contributed by atoms with Crippen molar-refractivity contribution in [1.82, 2.24) is 10.6 Å². The highest BCUT2D eigenvalue weighted by molar-refractivity contribution is 5.99. The van der Waals surface area contributed by atoms with Gasteiger partial charge in [0.2, 0.25) is 11.8 Å². The van der Waals surface area contributed by atoms with Crippen LogP contribution < -0.4 is 33.0 Å². The minimum atomic E-state index is -0.974. The minimum absolute atomic E-state index is 0. The van der Waals surface area contributed by atoms with Crippen LogP contribution in [0.5, 0.6) is 0 Å². The molecule has 2 atom stereocenters. The molecule has 0 aliphatic carbocycles. The summed E-state index contributed by atoms with van der Waals surface area (Å²) in [5.41, 5.74) is 11.0. The number of aliphatic imine (C=N–C) groups is 1. The Morgan fingerprint density at radius 1 is 1.08 bits per heavy atom. The topological polar surface area (TPSA) is 191 Å². The summed E-state index contributed by atoms with van der Waals surface area (Å²) in [6.07, 6.45) is -0.130. The molecule has 7 N–H and O–H groups in total. The number of nitrogens with zero attached hydrogens (tertiary/aromatic N) is 1. The van der Waals surface area contributed by atoms with Crippen LogP contribution >= 0.6 is 12.4 Å². The number of aryl methyl sites for hydroxylation is 1. The maximum absolute atomic E-state index is 13.2. The number of carbonyl (C=O) groups excluding carboxylic acids is 3. The first-order valence-corrected chi connectivity index (χ1v) is 12.4. The predicted octanol–water partition coefficient (Wildman–Crippen LogP) is 2.55. The number of hydrogen-bond acceptors (Lipinski definition) is 7. The second kappa shape index (κ2) is 14.4. The number of benzene rings is 1. The third-order valence-electron chi connectivity index (χ3n) is 5.42. The summed E-state index contributed by atoms with van der Waals surface area (Å²) in [5.74, 6) is -1.42. The molecule has 1 aromatic carbocycles. The van der Waals surface area contributed by atoms with Crippen LogP contribution in [0, 0.1) is 12.8 Å². The Bertz CT molecular complexity index is 1250. The first-order chi connectivity index (χ1) is 17.7. The normalized spacial score (nSPS) is 12.6. The molecule has 1 aromatic heterocycles. The molecule has 12 nitrogen and oxygen atoms in total. The Morgan fingerprint density at radius 3 is 2.33 bits per heavy atom. The van der Waals surface area contributed by atoms with Crippen molar-refractivity contribution in [1.29, 1.82) is 0 Å². The number of hydrogen-bond donors (Lipinski definition) is 5. The number of rotatable bonds is 10. The Balaban J connectivity index is 0.00000760. The lowest BCUT2D eigenvalue weighted by molar-refractivity contribution is -0.128. The highest BCUT2D eigenvalue weighted by atomic mass is 35.5. The quantitative estimate of drug-likeness (QED) is 0.125. The average molecular weight is 567 g/mol. The third-order valence-corrected chi connectivity index (χ3v) is 5.42. The van der Waals surface area contributed by atoms with Gasteiger partial charge < -0.3 is 36.6 Å². The monoisotopic (exact) mass is 566 g/mol. The van der Waals surface area contributed by atoms with Crippen molar-refractivity contribution in [3.63, 3.8) is 0 Å². The molecule has 2 aromatic rings. The SMILES string of the molecule is Cc1cc(=O)oc2cc(NC(=O)[C@H](CCCN=C(N)N)NC(=O)[C@@H](NC(=O)OC(C)(C)C)C(C)C)ccc12.Cl. The Morgan fingerprint density at radius 2 is 1.74 bits per heavy atom. The van der Waals surface area contributed by atoms with E-state index in [1.807, 2.05) is 0 Å². The Hall–Kier alpha value is -3.80. The molecule has 3 amide bonds. The van der Waals surface area contributed by atoms with Gasteiger partial charge in [-0.1, -0.05) is 13.8 Å². The number of amides is 3. The van der Waals surface area contributed by atoms with Crippen LogP contribution in [0.2, 0.25) is 0 Å². The lowest BCUT2D eigenvalue weighted by Crippen LogP contribution is -2.55. The number of alkyl carbamates (subject to hydrolysis) is 1. The summed E-state index contributed by atoms with van der Waals surface area (Å²) in [6, 6.07) is 4.41. The van der Waals surface area contributed by atoms with Gasteiger partial charge in [-0.3, -0.25) is 14.6 Å². The first kappa shape index (κ1) is 33.2. The number of fused-ring (bicyclic) bond motifs is 1. The van der Waals surface area contributed by atoms with E-state index < -0.39 is 41.2 Å². The molecule has 39 heavy (non-hydrogen) atoms. The number of ether oxygens (including phenoxy) is 1. The van der Waals surface area contributed by atoms with E-state index in [0.29, 0.717) is 17.7 Å². The maximum atomic E-state index is 13.2. The molecule has 0 saturated heterocycles. The zero-order valence-electron chi connectivity index (χ0n) is 23.1. The van der Waals surface area contributed by atoms with E-state index in [0.717, 1.165) is 10.9 Å². The number of halogens is 1. The average Bonchev–Trinajstić information content (AvgIpc) is 2.77. The van der Waals surface area contributed by atoms with E-state index in [2.05, 4.69) is 20.9 Å². The van der Waals surface area contributed by atoms with Gasteiger partial charge in [-0.05, 0) is 64.2 Å². The smallest absolute Gasteiger partial charge is 0.408 e. The van der Waals surface area contributed by atoms with E-state index in [4.69, 9.17) is 20.6 Å². The number of anilines is 1. The standard InChI is InChI=1S/C26H38N6O6.ClH/c1-14(2)21(32-25(36)38-26(4,5)6)23(35)31-18(8-7-11-29-24(27)28)22(34)30-16-9-10-17-15(3)12-20(33)37-19(17)13-16;/h9-10,12-14,18,21H,7-8,11H2,1-6H3,(H,30,34)(H,31,35)(H,32,36)(H4,27,28,29);1H/t18-,21-;/m0./s1. The van der Waals surface area contributed by atoms with Crippen LogP contribution in [0.4, 0.5) is 10.5 Å². The zero-order chi connectivity index (χ0) is 28.6. The van der Waals surface area contributed by atoms with Gasteiger partial charge in [0.25, 0.3) is 0 Å². The van der Waals surface area contributed by atoms with E-state index in [-0.39, 0.29) is 37.3 Å². The molecule has 0 fully saturated rings. The molecular weight excluding hydrogens is 528 g/mol. The molecule has 216 valence electrons. The van der Waals surface area contributed by atoms with Crippen LogP contribution in [0.3, 0.4) is 0 Å². The molecule has 0 aliphatic rings. The second-order valence-electron chi connectivity index (χ2n) is 10.3. The molecule has 0 radical (unpaired) electrons. The van der Waals surface area contributed by atoms with Gasteiger partial charge in [-0.25, -0.2) is 9.59 Å². The van der Waals surface area contributed by atoms with Gasteiger partial charge in [0.1, 0.15) is 23.3 Å². The van der Waals surface area contributed by atoms with E-state index in [1.54, 1.807) is 59.7 Å². The summed E-state index contributed by atoms with van der Waals surface area (Å²) in [7, 11) is 0. The molecule has 0 spiro atoms. The van der Waals surface area contributed by atoms with Crippen LogP contribution in [0.25, 0.3) is 11.0 Å². The fourth-order valence-corrected chi connectivity index (χ4v) is 3.64. The summed E-state index contributed by atoms with van der Waals surface area (Å²) in [6.45, 7) is 10.7. The molecule has 0 aliphatic heterocycles. The lowest BCUT2D eigenvalue weighted by atomic mass is 10.0. The largest absolute Gasteiger partial charge is 0.444 e. The summed E-state index contributed by atoms with van der Waals surface area (Å²) < 4.78 is 10.5. The molecule has 0 bridgehead atoms. The van der Waals surface area contributed by atoms with Crippen molar-refractivity contribution in [2.24, 2.45) is 22.4 Å². The fraction of sp³-hybridized carbons (Fsp3) is 0.500. The van der Waals surface area contributed by atoms with Crippen molar-refractivity contribution >= 4 is 52.9 Å². The number of nitrogens with two attached hydrogens (primary N) is 2. The maximum Gasteiger partial charge on any atom is 0.408 e. The van der Waals surface area contributed by atoms with Gasteiger partial charge in [0, 0.05) is 29.8 Å². The predicted molar refractivity (Wildman–Crippen MR) is 153 cm³/mol.